The highest BCUT2D eigenvalue weighted by molar-refractivity contribution is 5.93. The summed E-state index contributed by atoms with van der Waals surface area (Å²) in [5.74, 6) is -1.11. The van der Waals surface area contributed by atoms with Gasteiger partial charge in [0.1, 0.15) is 23.1 Å². The molecule has 7 heteroatoms. The van der Waals surface area contributed by atoms with Crippen LogP contribution >= 0.6 is 0 Å². The maximum Gasteiger partial charge on any atom is 0.245 e. The van der Waals surface area contributed by atoms with Gasteiger partial charge < -0.3 is 10.2 Å². The van der Waals surface area contributed by atoms with E-state index in [4.69, 9.17) is 0 Å². The summed E-state index contributed by atoms with van der Waals surface area (Å²) >= 11 is 0. The predicted octanol–water partition coefficient (Wildman–Crippen LogP) is 3.35. The molecule has 1 N–H and O–H groups in total. The van der Waals surface area contributed by atoms with Crippen LogP contribution < -0.4 is 10.2 Å². The fourth-order valence-electron chi connectivity index (χ4n) is 3.18. The summed E-state index contributed by atoms with van der Waals surface area (Å²) in [5.41, 5.74) is -0.211. The lowest BCUT2D eigenvalue weighted by Crippen LogP contribution is -2.32. The number of para-hydroxylation sites is 1. The monoisotopic (exact) mass is 334 g/mol. The minimum absolute atomic E-state index is 0.159. The molecule has 1 saturated carbocycles. The van der Waals surface area contributed by atoms with E-state index in [9.17, 15) is 13.6 Å². The van der Waals surface area contributed by atoms with Crippen LogP contribution in [0.5, 0.6) is 0 Å². The van der Waals surface area contributed by atoms with E-state index in [0.29, 0.717) is 11.9 Å². The minimum atomic E-state index is -0.693. The highest BCUT2D eigenvalue weighted by Crippen LogP contribution is 2.31. The van der Waals surface area contributed by atoms with E-state index in [1.165, 1.54) is 30.1 Å². The molecule has 2 aromatic rings. The molecule has 0 spiro atoms. The average molecular weight is 334 g/mol. The third-order valence-corrected chi connectivity index (χ3v) is 4.31. The van der Waals surface area contributed by atoms with E-state index in [1.807, 2.05) is 4.68 Å². The van der Waals surface area contributed by atoms with Crippen LogP contribution in [-0.2, 0) is 4.79 Å². The minimum Gasteiger partial charge on any atom is -0.361 e. The Morgan fingerprint density at radius 1 is 1.29 bits per heavy atom. The topological polar surface area (TPSA) is 50.2 Å². The third kappa shape index (κ3) is 3.39. The number of halogens is 2. The van der Waals surface area contributed by atoms with Gasteiger partial charge in [-0.2, -0.15) is 5.10 Å². The van der Waals surface area contributed by atoms with Crippen molar-refractivity contribution in [3.05, 3.63) is 42.1 Å². The fourth-order valence-corrected chi connectivity index (χ4v) is 3.18. The van der Waals surface area contributed by atoms with Crippen molar-refractivity contribution in [1.82, 2.24) is 9.78 Å². The molecule has 0 atom stereocenters. The first-order chi connectivity index (χ1) is 11.6. The number of hydrogen-bond donors (Lipinski definition) is 1. The second kappa shape index (κ2) is 6.98. The van der Waals surface area contributed by atoms with Crippen LogP contribution in [0.2, 0.25) is 0 Å². The van der Waals surface area contributed by atoms with Gasteiger partial charge in [0, 0.05) is 13.1 Å². The van der Waals surface area contributed by atoms with Crippen molar-refractivity contribution < 1.29 is 13.6 Å². The molecule has 3 rings (SSSR count). The Morgan fingerprint density at radius 2 is 1.96 bits per heavy atom. The van der Waals surface area contributed by atoms with Crippen LogP contribution in [0.1, 0.15) is 31.7 Å². The molecule has 0 aliphatic heterocycles. The van der Waals surface area contributed by atoms with E-state index >= 15 is 0 Å². The van der Waals surface area contributed by atoms with Crippen LogP contribution in [0.25, 0.3) is 0 Å². The molecule has 1 heterocycles. The summed E-state index contributed by atoms with van der Waals surface area (Å²) in [4.78, 5) is 13.5. The number of carbonyl (C=O) groups excluding carboxylic acids is 1. The zero-order chi connectivity index (χ0) is 17.1. The van der Waals surface area contributed by atoms with E-state index < -0.39 is 11.6 Å². The lowest BCUT2D eigenvalue weighted by atomic mass is 10.2. The molecule has 128 valence electrons. The molecule has 1 aliphatic carbocycles. The standard InChI is InChI=1S/C17H20F2N4O/c1-22(17-13(18)7-4-8-14(17)19)11-16(24)21-15-9-10-20-23(15)12-5-2-3-6-12/h4,7-10,12H,2-3,5-6,11H2,1H3,(H,21,24). The molecule has 5 nitrogen and oxygen atoms in total. The first kappa shape index (κ1) is 16.4. The van der Waals surface area contributed by atoms with Gasteiger partial charge in [0.25, 0.3) is 0 Å². The maximum absolute atomic E-state index is 13.8. The summed E-state index contributed by atoms with van der Waals surface area (Å²) in [5, 5.41) is 7.07. The Kier molecular flexibility index (Phi) is 4.78. The van der Waals surface area contributed by atoms with Gasteiger partial charge in [0.2, 0.25) is 5.91 Å². The highest BCUT2D eigenvalue weighted by Gasteiger charge is 2.21. The van der Waals surface area contributed by atoms with Crippen LogP contribution in [0.3, 0.4) is 0 Å². The van der Waals surface area contributed by atoms with Crippen molar-refractivity contribution in [3.63, 3.8) is 0 Å². The Bertz CT molecular complexity index is 705. The van der Waals surface area contributed by atoms with Gasteiger partial charge in [-0.25, -0.2) is 13.5 Å². The Morgan fingerprint density at radius 3 is 2.62 bits per heavy atom. The molecule has 1 aromatic carbocycles. The average Bonchev–Trinajstić information content (AvgIpc) is 3.17. The van der Waals surface area contributed by atoms with E-state index in [2.05, 4.69) is 10.4 Å². The van der Waals surface area contributed by atoms with Crippen LogP contribution in [0.4, 0.5) is 20.3 Å². The predicted molar refractivity (Wildman–Crippen MR) is 88.0 cm³/mol. The normalized spacial score (nSPS) is 14.8. The molecule has 1 aromatic heterocycles. The Hall–Kier alpha value is -2.44. The number of nitrogens with one attached hydrogen (secondary N) is 1. The molecule has 24 heavy (non-hydrogen) atoms. The molecule has 0 bridgehead atoms. The molecule has 0 radical (unpaired) electrons. The van der Waals surface area contributed by atoms with Crippen molar-refractivity contribution in [3.8, 4) is 0 Å². The van der Waals surface area contributed by atoms with Crippen LogP contribution in [0, 0.1) is 11.6 Å². The lowest BCUT2D eigenvalue weighted by Gasteiger charge is -2.20. The third-order valence-electron chi connectivity index (χ3n) is 4.31. The zero-order valence-electron chi connectivity index (χ0n) is 13.5. The van der Waals surface area contributed by atoms with Gasteiger partial charge in [0.15, 0.2) is 0 Å². The summed E-state index contributed by atoms with van der Waals surface area (Å²) in [6.45, 7) is -0.159. The first-order valence-corrected chi connectivity index (χ1v) is 8.05. The molecule has 1 amide bonds. The summed E-state index contributed by atoms with van der Waals surface area (Å²) < 4.78 is 29.4. The summed E-state index contributed by atoms with van der Waals surface area (Å²) in [6.07, 6.45) is 6.06. The smallest absolute Gasteiger partial charge is 0.245 e. The van der Waals surface area contributed by atoms with Crippen molar-refractivity contribution in [2.45, 2.75) is 31.7 Å². The van der Waals surface area contributed by atoms with Crippen molar-refractivity contribution >= 4 is 17.4 Å². The zero-order valence-corrected chi connectivity index (χ0v) is 13.5. The number of benzene rings is 1. The van der Waals surface area contributed by atoms with Gasteiger partial charge in [-0.3, -0.25) is 4.79 Å². The second-order valence-corrected chi connectivity index (χ2v) is 6.07. The quantitative estimate of drug-likeness (QED) is 0.912. The van der Waals surface area contributed by atoms with Crippen molar-refractivity contribution in [1.29, 1.82) is 0 Å². The summed E-state index contributed by atoms with van der Waals surface area (Å²) in [7, 11) is 1.48. The largest absolute Gasteiger partial charge is 0.361 e. The fraction of sp³-hybridized carbons (Fsp3) is 0.412. The van der Waals surface area contributed by atoms with Crippen molar-refractivity contribution in [2.75, 3.05) is 23.8 Å². The van der Waals surface area contributed by atoms with Crippen molar-refractivity contribution in [2.24, 2.45) is 0 Å². The highest BCUT2D eigenvalue weighted by atomic mass is 19.1. The number of amides is 1. The number of hydrogen-bond acceptors (Lipinski definition) is 3. The molecular weight excluding hydrogens is 314 g/mol. The van der Waals surface area contributed by atoms with Gasteiger partial charge in [-0.15, -0.1) is 0 Å². The molecule has 0 saturated heterocycles. The van der Waals surface area contributed by atoms with Gasteiger partial charge in [0.05, 0.1) is 18.8 Å². The molecule has 0 unspecified atom stereocenters. The number of aromatic nitrogens is 2. The summed E-state index contributed by atoms with van der Waals surface area (Å²) in [6, 6.07) is 5.67. The van der Waals surface area contributed by atoms with E-state index in [-0.39, 0.29) is 18.1 Å². The lowest BCUT2D eigenvalue weighted by molar-refractivity contribution is -0.115. The number of anilines is 2. The van der Waals surface area contributed by atoms with Crippen LogP contribution in [0.15, 0.2) is 30.5 Å². The number of rotatable bonds is 5. The Balaban J connectivity index is 1.67. The van der Waals surface area contributed by atoms with E-state index in [1.54, 1.807) is 12.3 Å². The second-order valence-electron chi connectivity index (χ2n) is 6.07. The van der Waals surface area contributed by atoms with Gasteiger partial charge in [-0.1, -0.05) is 18.9 Å². The first-order valence-electron chi connectivity index (χ1n) is 8.05. The maximum atomic E-state index is 13.8. The number of nitrogens with zero attached hydrogens (tertiary/aromatic N) is 3. The van der Waals surface area contributed by atoms with Gasteiger partial charge >= 0.3 is 0 Å². The number of carbonyl (C=O) groups is 1. The molecule has 1 aliphatic rings. The molecular formula is C17H20F2N4O. The Labute approximate surface area is 139 Å². The van der Waals surface area contributed by atoms with Crippen LogP contribution in [-0.4, -0.2) is 29.3 Å². The van der Waals surface area contributed by atoms with Gasteiger partial charge in [-0.05, 0) is 25.0 Å². The number of likely N-dealkylation sites (N-methyl/N-ethyl adjacent to an activating group) is 1. The molecule has 1 fully saturated rings. The SMILES string of the molecule is CN(CC(=O)Nc1ccnn1C1CCCC1)c1c(F)cccc1F. The van der Waals surface area contributed by atoms with E-state index in [0.717, 1.165) is 25.7 Å².